The predicted octanol–water partition coefficient (Wildman–Crippen LogP) is 3.04. The summed E-state index contributed by atoms with van der Waals surface area (Å²) in [5.41, 5.74) is 0.553. The van der Waals surface area contributed by atoms with Gasteiger partial charge in [-0.05, 0) is 55.7 Å². The predicted molar refractivity (Wildman–Crippen MR) is 98.5 cm³/mol. The second kappa shape index (κ2) is 10.3. The van der Waals surface area contributed by atoms with Gasteiger partial charge in [0.25, 0.3) is 5.91 Å². The summed E-state index contributed by atoms with van der Waals surface area (Å²) < 4.78 is 11.1. The molecule has 0 saturated carbocycles. The fraction of sp³-hybridized carbons (Fsp3) is 0.556. The third-order valence-electron chi connectivity index (χ3n) is 3.87. The zero-order valence-electron chi connectivity index (χ0n) is 14.2. The molecule has 1 saturated heterocycles. The molecule has 0 aromatic heterocycles. The Kier molecular flexibility index (Phi) is 7.98. The van der Waals surface area contributed by atoms with E-state index in [1.165, 1.54) is 6.42 Å². The van der Waals surface area contributed by atoms with Crippen LogP contribution in [0.5, 0.6) is 5.75 Å². The Bertz CT molecular complexity index is 528. The highest BCUT2D eigenvalue weighted by Gasteiger charge is 2.16. The molecule has 0 radical (unpaired) electrons. The van der Waals surface area contributed by atoms with Gasteiger partial charge in [-0.15, -0.1) is 0 Å². The van der Waals surface area contributed by atoms with E-state index in [0.717, 1.165) is 38.0 Å². The smallest absolute Gasteiger partial charge is 0.257 e. The molecule has 5 nitrogen and oxygen atoms in total. The van der Waals surface area contributed by atoms with Gasteiger partial charge >= 0.3 is 0 Å². The molecule has 0 bridgehead atoms. The number of amides is 1. The van der Waals surface area contributed by atoms with Crippen LogP contribution in [0.3, 0.4) is 0 Å². The van der Waals surface area contributed by atoms with E-state index in [-0.39, 0.29) is 12.0 Å². The van der Waals surface area contributed by atoms with Gasteiger partial charge in [0.2, 0.25) is 0 Å². The third-order valence-corrected chi connectivity index (χ3v) is 4.12. The van der Waals surface area contributed by atoms with Crippen LogP contribution in [0.1, 0.15) is 49.4 Å². The van der Waals surface area contributed by atoms with E-state index in [1.807, 2.05) is 12.1 Å². The van der Waals surface area contributed by atoms with Gasteiger partial charge in [0.15, 0.2) is 5.11 Å². The number of carbonyl (C=O) groups is 1. The lowest BCUT2D eigenvalue weighted by Gasteiger charge is -2.13. The van der Waals surface area contributed by atoms with Crippen molar-refractivity contribution >= 4 is 23.2 Å². The van der Waals surface area contributed by atoms with Gasteiger partial charge in [0.05, 0.1) is 12.7 Å². The summed E-state index contributed by atoms with van der Waals surface area (Å²) in [5.74, 6) is 0.555. The lowest BCUT2D eigenvalue weighted by atomic mass is 10.2. The Morgan fingerprint density at radius 2 is 2.12 bits per heavy atom. The second-order valence-corrected chi connectivity index (χ2v) is 6.29. The lowest BCUT2D eigenvalue weighted by Crippen LogP contribution is -2.42. The van der Waals surface area contributed by atoms with E-state index in [2.05, 4.69) is 17.6 Å². The normalized spacial score (nSPS) is 16.6. The van der Waals surface area contributed by atoms with E-state index in [0.29, 0.717) is 23.8 Å². The van der Waals surface area contributed by atoms with E-state index in [1.54, 1.807) is 12.1 Å². The van der Waals surface area contributed by atoms with Crippen LogP contribution in [-0.2, 0) is 4.74 Å². The molecule has 1 fully saturated rings. The summed E-state index contributed by atoms with van der Waals surface area (Å²) in [6.07, 6.45) is 5.68. The number of nitrogens with one attached hydrogen (secondary N) is 2. The molecule has 1 unspecified atom stereocenters. The highest BCUT2D eigenvalue weighted by Crippen LogP contribution is 2.13. The Balaban J connectivity index is 1.71. The van der Waals surface area contributed by atoms with Crippen molar-refractivity contribution in [2.45, 2.75) is 45.1 Å². The van der Waals surface area contributed by atoms with Gasteiger partial charge in [-0.2, -0.15) is 0 Å². The van der Waals surface area contributed by atoms with E-state index >= 15 is 0 Å². The van der Waals surface area contributed by atoms with Crippen LogP contribution in [-0.4, -0.2) is 36.9 Å². The molecule has 132 valence electrons. The molecule has 1 aliphatic rings. The van der Waals surface area contributed by atoms with Crippen LogP contribution in [0.15, 0.2) is 24.3 Å². The summed E-state index contributed by atoms with van der Waals surface area (Å²) >= 11 is 5.15. The fourth-order valence-electron chi connectivity index (χ4n) is 2.48. The average molecular weight is 350 g/mol. The third kappa shape index (κ3) is 6.45. The van der Waals surface area contributed by atoms with Crippen molar-refractivity contribution in [1.29, 1.82) is 0 Å². The number of hydrogen-bond donors (Lipinski definition) is 2. The van der Waals surface area contributed by atoms with Gasteiger partial charge < -0.3 is 14.8 Å². The minimum Gasteiger partial charge on any atom is -0.494 e. The molecular weight excluding hydrogens is 324 g/mol. The maximum absolute atomic E-state index is 12.2. The number of rotatable bonds is 8. The minimum atomic E-state index is -0.225. The SMILES string of the molecule is CCCCCOc1ccc(C(=O)NC(=S)NCC2CCCO2)cc1. The fourth-order valence-corrected chi connectivity index (χ4v) is 2.65. The van der Waals surface area contributed by atoms with Crippen LogP contribution < -0.4 is 15.4 Å². The number of hydrogen-bond acceptors (Lipinski definition) is 4. The first-order valence-corrected chi connectivity index (χ1v) is 9.03. The van der Waals surface area contributed by atoms with Gasteiger partial charge in [-0.25, -0.2) is 0 Å². The van der Waals surface area contributed by atoms with Gasteiger partial charge in [0, 0.05) is 18.7 Å². The van der Waals surface area contributed by atoms with Crippen LogP contribution in [0, 0.1) is 0 Å². The number of thiocarbonyl (C=S) groups is 1. The molecule has 0 spiro atoms. The molecule has 1 atom stereocenters. The topological polar surface area (TPSA) is 59.6 Å². The largest absolute Gasteiger partial charge is 0.494 e. The Morgan fingerprint density at radius 1 is 1.33 bits per heavy atom. The van der Waals surface area contributed by atoms with Gasteiger partial charge in [-0.3, -0.25) is 10.1 Å². The molecular formula is C18H26N2O3S. The lowest BCUT2D eigenvalue weighted by molar-refractivity contribution is 0.0973. The van der Waals surface area contributed by atoms with Crippen LogP contribution in [0.4, 0.5) is 0 Å². The van der Waals surface area contributed by atoms with Crippen molar-refractivity contribution in [2.24, 2.45) is 0 Å². The molecule has 2 N–H and O–H groups in total. The van der Waals surface area contributed by atoms with Crippen molar-refractivity contribution in [3.8, 4) is 5.75 Å². The standard InChI is InChI=1S/C18H26N2O3S/c1-2-3-4-11-22-15-9-7-14(8-10-15)17(21)20-18(24)19-13-16-6-5-12-23-16/h7-10,16H,2-6,11-13H2,1H3,(H2,19,20,21,24). The van der Waals surface area contributed by atoms with Crippen LogP contribution in [0.2, 0.25) is 0 Å². The van der Waals surface area contributed by atoms with E-state index < -0.39 is 0 Å². The zero-order chi connectivity index (χ0) is 17.2. The van der Waals surface area contributed by atoms with Gasteiger partial charge in [0.1, 0.15) is 5.75 Å². The monoisotopic (exact) mass is 350 g/mol. The first-order valence-electron chi connectivity index (χ1n) is 8.62. The highest BCUT2D eigenvalue weighted by molar-refractivity contribution is 7.80. The molecule has 1 amide bonds. The molecule has 1 aliphatic heterocycles. The Labute approximate surface area is 149 Å². The van der Waals surface area contributed by atoms with Crippen molar-refractivity contribution in [3.05, 3.63) is 29.8 Å². The molecule has 6 heteroatoms. The Hall–Kier alpha value is -1.66. The number of benzene rings is 1. The first-order chi connectivity index (χ1) is 11.7. The van der Waals surface area contributed by atoms with E-state index in [9.17, 15) is 4.79 Å². The summed E-state index contributed by atoms with van der Waals surface area (Å²) in [6, 6.07) is 7.10. The van der Waals surface area contributed by atoms with E-state index in [4.69, 9.17) is 21.7 Å². The van der Waals surface area contributed by atoms with Crippen LogP contribution >= 0.6 is 12.2 Å². The number of ether oxygens (including phenoxy) is 2. The maximum atomic E-state index is 12.2. The summed E-state index contributed by atoms with van der Waals surface area (Å²) in [4.78, 5) is 12.2. The highest BCUT2D eigenvalue weighted by atomic mass is 32.1. The average Bonchev–Trinajstić information content (AvgIpc) is 3.11. The Morgan fingerprint density at radius 3 is 2.79 bits per heavy atom. The molecule has 1 heterocycles. The summed E-state index contributed by atoms with van der Waals surface area (Å²) in [6.45, 7) is 4.30. The zero-order valence-corrected chi connectivity index (χ0v) is 15.0. The molecule has 1 aromatic carbocycles. The van der Waals surface area contributed by atoms with Crippen molar-refractivity contribution in [1.82, 2.24) is 10.6 Å². The second-order valence-electron chi connectivity index (χ2n) is 5.88. The van der Waals surface area contributed by atoms with Crippen molar-refractivity contribution in [3.63, 3.8) is 0 Å². The molecule has 24 heavy (non-hydrogen) atoms. The molecule has 2 rings (SSSR count). The maximum Gasteiger partial charge on any atom is 0.257 e. The van der Waals surface area contributed by atoms with Gasteiger partial charge in [-0.1, -0.05) is 19.8 Å². The first kappa shape index (κ1) is 18.7. The minimum absolute atomic E-state index is 0.184. The quantitative estimate of drug-likeness (QED) is 0.557. The van der Waals surface area contributed by atoms with Crippen molar-refractivity contribution < 1.29 is 14.3 Å². The van der Waals surface area contributed by atoms with Crippen molar-refractivity contribution in [2.75, 3.05) is 19.8 Å². The summed E-state index contributed by atoms with van der Waals surface area (Å²) in [5, 5.41) is 6.04. The molecule has 1 aromatic rings. The number of carbonyl (C=O) groups excluding carboxylic acids is 1. The number of unbranched alkanes of at least 4 members (excludes halogenated alkanes) is 2. The summed E-state index contributed by atoms with van der Waals surface area (Å²) in [7, 11) is 0. The molecule has 0 aliphatic carbocycles. The van der Waals surface area contributed by atoms with Crippen LogP contribution in [0.25, 0.3) is 0 Å².